The Morgan fingerprint density at radius 3 is 2.71 bits per heavy atom. The quantitative estimate of drug-likeness (QED) is 0.354. The number of aromatic nitrogens is 4. The summed E-state index contributed by atoms with van der Waals surface area (Å²) in [5.74, 6) is 0.744. The normalized spacial score (nSPS) is 12.2. The SMILES string of the molecule is COc1cc(I)cc(N(CC(O)CN)c2ccc3ncc(-c4cnn(C)c4)nc3c2)c1. The monoisotopic (exact) mass is 530 g/mol. The van der Waals surface area contributed by atoms with E-state index in [4.69, 9.17) is 15.5 Å². The maximum Gasteiger partial charge on any atom is 0.121 e. The molecule has 0 bridgehead atoms. The average molecular weight is 530 g/mol. The molecule has 160 valence electrons. The number of fused-ring (bicyclic) bond motifs is 1. The van der Waals surface area contributed by atoms with Crippen LogP contribution in [0.2, 0.25) is 0 Å². The summed E-state index contributed by atoms with van der Waals surface area (Å²) in [4.78, 5) is 11.4. The third-order valence-electron chi connectivity index (χ3n) is 4.91. The van der Waals surface area contributed by atoms with Gasteiger partial charge in [-0.15, -0.1) is 0 Å². The van der Waals surface area contributed by atoms with Crippen LogP contribution in [0.1, 0.15) is 0 Å². The number of nitrogens with two attached hydrogens (primary N) is 1. The summed E-state index contributed by atoms with van der Waals surface area (Å²) in [5, 5.41) is 14.5. The second-order valence-corrected chi connectivity index (χ2v) is 8.43. The third kappa shape index (κ3) is 4.78. The van der Waals surface area contributed by atoms with Crippen molar-refractivity contribution in [3.05, 3.63) is 58.6 Å². The van der Waals surface area contributed by atoms with Crippen molar-refractivity contribution < 1.29 is 9.84 Å². The molecule has 2 heterocycles. The predicted molar refractivity (Wildman–Crippen MR) is 130 cm³/mol. The second kappa shape index (κ2) is 9.16. The molecular formula is C22H23IN6O2. The minimum Gasteiger partial charge on any atom is -0.497 e. The van der Waals surface area contributed by atoms with Gasteiger partial charge in [0.15, 0.2) is 0 Å². The number of methoxy groups -OCH3 is 1. The number of nitrogens with zero attached hydrogens (tertiary/aromatic N) is 5. The Bertz CT molecular complexity index is 1210. The predicted octanol–water partition coefficient (Wildman–Crippen LogP) is 3.10. The number of aryl methyl sites for hydroxylation is 1. The van der Waals surface area contributed by atoms with Gasteiger partial charge in [-0.05, 0) is 52.9 Å². The van der Waals surface area contributed by atoms with Gasteiger partial charge < -0.3 is 20.5 Å². The molecule has 0 aliphatic heterocycles. The molecule has 0 saturated carbocycles. The van der Waals surface area contributed by atoms with Gasteiger partial charge >= 0.3 is 0 Å². The van der Waals surface area contributed by atoms with Crippen molar-refractivity contribution in [3.8, 4) is 17.0 Å². The summed E-state index contributed by atoms with van der Waals surface area (Å²) in [5.41, 5.74) is 10.7. The van der Waals surface area contributed by atoms with E-state index in [0.29, 0.717) is 6.54 Å². The lowest BCUT2D eigenvalue weighted by Gasteiger charge is -2.28. The highest BCUT2D eigenvalue weighted by Gasteiger charge is 2.17. The molecule has 1 unspecified atom stereocenters. The maximum absolute atomic E-state index is 10.3. The number of benzene rings is 2. The van der Waals surface area contributed by atoms with Crippen LogP contribution >= 0.6 is 22.6 Å². The second-order valence-electron chi connectivity index (χ2n) is 7.18. The third-order valence-corrected chi connectivity index (χ3v) is 5.53. The lowest BCUT2D eigenvalue weighted by molar-refractivity contribution is 0.191. The largest absolute Gasteiger partial charge is 0.497 e. The fourth-order valence-corrected chi connectivity index (χ4v) is 3.95. The smallest absolute Gasteiger partial charge is 0.121 e. The zero-order chi connectivity index (χ0) is 22.0. The first kappa shape index (κ1) is 21.5. The van der Waals surface area contributed by atoms with Gasteiger partial charge in [-0.1, -0.05) is 0 Å². The van der Waals surface area contributed by atoms with Gasteiger partial charge in [0.2, 0.25) is 0 Å². The molecule has 9 heteroatoms. The number of halogens is 1. The molecule has 0 aliphatic carbocycles. The molecule has 2 aromatic heterocycles. The molecule has 0 spiro atoms. The lowest BCUT2D eigenvalue weighted by Crippen LogP contribution is -2.33. The summed E-state index contributed by atoms with van der Waals surface area (Å²) in [7, 11) is 3.51. The van der Waals surface area contributed by atoms with Crippen molar-refractivity contribution in [1.29, 1.82) is 0 Å². The zero-order valence-electron chi connectivity index (χ0n) is 17.2. The molecule has 0 radical (unpaired) electrons. The van der Waals surface area contributed by atoms with E-state index in [1.165, 1.54) is 0 Å². The van der Waals surface area contributed by atoms with Gasteiger partial charge in [0.05, 0.1) is 48.9 Å². The standard InChI is InChI=1S/C22H23IN6O2/c1-28-12-14(10-26-28)22-11-25-20-4-3-16(8-21(20)27-22)29(13-18(30)9-24)17-5-15(23)6-19(7-17)31-2/h3-8,10-12,18,30H,9,13,24H2,1-2H3. The molecule has 1 atom stereocenters. The molecule has 0 aliphatic rings. The van der Waals surface area contributed by atoms with Crippen LogP contribution in [-0.2, 0) is 7.05 Å². The Morgan fingerprint density at radius 1 is 1.16 bits per heavy atom. The number of aliphatic hydroxyl groups is 1. The molecule has 8 nitrogen and oxygen atoms in total. The number of ether oxygens (including phenoxy) is 1. The summed E-state index contributed by atoms with van der Waals surface area (Å²) in [6.07, 6.45) is 4.73. The molecule has 0 saturated heterocycles. The van der Waals surface area contributed by atoms with Crippen molar-refractivity contribution in [1.82, 2.24) is 19.7 Å². The van der Waals surface area contributed by atoms with E-state index in [-0.39, 0.29) is 6.54 Å². The summed E-state index contributed by atoms with van der Waals surface area (Å²) in [6.45, 7) is 0.497. The molecule has 31 heavy (non-hydrogen) atoms. The molecule has 0 fully saturated rings. The highest BCUT2D eigenvalue weighted by molar-refractivity contribution is 14.1. The van der Waals surface area contributed by atoms with Crippen molar-refractivity contribution in [2.75, 3.05) is 25.1 Å². The Hall–Kier alpha value is -2.76. The van der Waals surface area contributed by atoms with E-state index in [1.807, 2.05) is 54.5 Å². The van der Waals surface area contributed by atoms with Crippen molar-refractivity contribution >= 4 is 45.0 Å². The summed E-state index contributed by atoms with van der Waals surface area (Å²) >= 11 is 2.25. The maximum atomic E-state index is 10.3. The van der Waals surface area contributed by atoms with Crippen LogP contribution in [0.25, 0.3) is 22.3 Å². The van der Waals surface area contributed by atoms with E-state index in [1.54, 1.807) is 24.2 Å². The van der Waals surface area contributed by atoms with E-state index in [9.17, 15) is 5.11 Å². The van der Waals surface area contributed by atoms with Crippen molar-refractivity contribution in [3.63, 3.8) is 0 Å². The first-order valence-electron chi connectivity index (χ1n) is 9.73. The zero-order valence-corrected chi connectivity index (χ0v) is 19.4. The number of rotatable bonds is 7. The minimum absolute atomic E-state index is 0.163. The van der Waals surface area contributed by atoms with Crippen LogP contribution in [0.4, 0.5) is 11.4 Å². The highest BCUT2D eigenvalue weighted by atomic mass is 127. The topological polar surface area (TPSA) is 102 Å². The molecule has 2 aromatic carbocycles. The molecule has 3 N–H and O–H groups in total. The van der Waals surface area contributed by atoms with Crippen LogP contribution < -0.4 is 15.4 Å². The van der Waals surface area contributed by atoms with Gasteiger partial charge in [-0.2, -0.15) is 5.10 Å². The first-order valence-corrected chi connectivity index (χ1v) is 10.8. The van der Waals surface area contributed by atoms with E-state index >= 15 is 0 Å². The van der Waals surface area contributed by atoms with Gasteiger partial charge in [-0.25, -0.2) is 4.98 Å². The van der Waals surface area contributed by atoms with Crippen molar-refractivity contribution in [2.45, 2.75) is 6.10 Å². The first-order chi connectivity index (χ1) is 15.0. The van der Waals surface area contributed by atoms with Crippen LogP contribution in [0.15, 0.2) is 55.0 Å². The highest BCUT2D eigenvalue weighted by Crippen LogP contribution is 2.32. The molecule has 4 rings (SSSR count). The fourth-order valence-electron chi connectivity index (χ4n) is 3.33. The average Bonchev–Trinajstić information content (AvgIpc) is 3.22. The number of aliphatic hydroxyl groups excluding tert-OH is 1. The number of anilines is 2. The number of hydrogen-bond donors (Lipinski definition) is 2. The van der Waals surface area contributed by atoms with Crippen LogP contribution in [-0.4, -0.2) is 51.2 Å². The Balaban J connectivity index is 1.80. The van der Waals surface area contributed by atoms with E-state index < -0.39 is 6.10 Å². The van der Waals surface area contributed by atoms with Crippen LogP contribution in [0.5, 0.6) is 5.75 Å². The Morgan fingerprint density at radius 2 is 2.00 bits per heavy atom. The molecule has 0 amide bonds. The van der Waals surface area contributed by atoms with Gasteiger partial charge in [0.1, 0.15) is 5.75 Å². The van der Waals surface area contributed by atoms with Gasteiger partial charge in [0, 0.05) is 46.4 Å². The Labute approximate surface area is 193 Å². The Kier molecular flexibility index (Phi) is 6.35. The summed E-state index contributed by atoms with van der Waals surface area (Å²) < 4.78 is 8.20. The van der Waals surface area contributed by atoms with Crippen LogP contribution in [0, 0.1) is 3.57 Å². The van der Waals surface area contributed by atoms with Gasteiger partial charge in [-0.3, -0.25) is 9.67 Å². The molecular weight excluding hydrogens is 507 g/mol. The summed E-state index contributed by atoms with van der Waals surface area (Å²) in [6, 6.07) is 11.8. The van der Waals surface area contributed by atoms with E-state index in [0.717, 1.165) is 43.0 Å². The molecule has 4 aromatic rings. The minimum atomic E-state index is -0.688. The number of hydrogen-bond acceptors (Lipinski definition) is 7. The lowest BCUT2D eigenvalue weighted by atomic mass is 10.1. The fraction of sp³-hybridized carbons (Fsp3) is 0.227. The van der Waals surface area contributed by atoms with E-state index in [2.05, 4.69) is 32.7 Å². The van der Waals surface area contributed by atoms with Gasteiger partial charge in [0.25, 0.3) is 0 Å². The van der Waals surface area contributed by atoms with Crippen LogP contribution in [0.3, 0.4) is 0 Å². The van der Waals surface area contributed by atoms with Crippen molar-refractivity contribution in [2.24, 2.45) is 12.8 Å².